The Hall–Kier alpha value is -2.76. The number of nitrogens with zero attached hydrogens (tertiary/aromatic N) is 4. The van der Waals surface area contributed by atoms with Gasteiger partial charge >= 0.3 is 0 Å². The highest BCUT2D eigenvalue weighted by molar-refractivity contribution is 5.73. The quantitative estimate of drug-likeness (QED) is 0.500. The molecular weight excluding hydrogens is 256 g/mol. The minimum absolute atomic E-state index is 0.0987. The molecule has 2 aromatic heterocycles. The number of imidazole rings is 1. The summed E-state index contributed by atoms with van der Waals surface area (Å²) < 4.78 is 1.96. The van der Waals surface area contributed by atoms with Gasteiger partial charge in [0.25, 0.3) is 5.69 Å². The molecule has 0 fully saturated rings. The molecule has 0 unspecified atom stereocenters. The van der Waals surface area contributed by atoms with Crippen molar-refractivity contribution in [2.75, 3.05) is 0 Å². The smallest absolute Gasteiger partial charge is 0.270 e. The number of hydrogen-bond donors (Lipinski definition) is 0. The monoisotopic (exact) mass is 266 g/mol. The van der Waals surface area contributed by atoms with Crippen LogP contribution in [-0.2, 0) is 12.8 Å². The number of aryl methyl sites for hydroxylation is 2. The lowest BCUT2D eigenvalue weighted by Gasteiger charge is -2.15. The molecule has 0 spiro atoms. The normalized spacial score (nSPS) is 13.0. The molecule has 0 saturated carbocycles. The van der Waals surface area contributed by atoms with Crippen LogP contribution in [0.25, 0.3) is 17.0 Å². The van der Waals surface area contributed by atoms with Crippen LogP contribution in [-0.4, -0.2) is 19.3 Å². The van der Waals surface area contributed by atoms with E-state index in [-0.39, 0.29) is 10.6 Å². The molecule has 0 saturated heterocycles. The third kappa shape index (κ3) is 1.45. The molecule has 0 radical (unpaired) electrons. The predicted molar refractivity (Wildman–Crippen MR) is 72.5 cm³/mol. The lowest BCUT2D eigenvalue weighted by molar-refractivity contribution is -0.384. The van der Waals surface area contributed by atoms with E-state index in [0.29, 0.717) is 5.78 Å². The van der Waals surface area contributed by atoms with E-state index < -0.39 is 0 Å². The third-order valence-electron chi connectivity index (χ3n) is 3.69. The van der Waals surface area contributed by atoms with Gasteiger partial charge < -0.3 is 0 Å². The second kappa shape index (κ2) is 3.86. The van der Waals surface area contributed by atoms with Crippen molar-refractivity contribution in [2.45, 2.75) is 12.8 Å². The van der Waals surface area contributed by atoms with E-state index in [1.807, 2.05) is 22.7 Å². The zero-order valence-electron chi connectivity index (χ0n) is 10.5. The van der Waals surface area contributed by atoms with Gasteiger partial charge in [0.2, 0.25) is 5.78 Å². The van der Waals surface area contributed by atoms with Gasteiger partial charge in [-0.2, -0.15) is 0 Å². The number of rotatable bonds is 1. The SMILES string of the molecule is O=[N+]([O-])c1ccc2c(c1)-c1nc3ncccn3c1CC2. The highest BCUT2D eigenvalue weighted by Gasteiger charge is 2.23. The molecule has 20 heavy (non-hydrogen) atoms. The van der Waals surface area contributed by atoms with Crippen LogP contribution in [0.5, 0.6) is 0 Å². The summed E-state index contributed by atoms with van der Waals surface area (Å²) in [5, 5.41) is 10.9. The summed E-state index contributed by atoms with van der Waals surface area (Å²) in [6.45, 7) is 0. The van der Waals surface area contributed by atoms with Crippen molar-refractivity contribution >= 4 is 11.5 Å². The van der Waals surface area contributed by atoms with E-state index in [1.165, 1.54) is 0 Å². The first-order chi connectivity index (χ1) is 9.74. The Morgan fingerprint density at radius 3 is 3.05 bits per heavy atom. The average Bonchev–Trinajstić information content (AvgIpc) is 2.85. The fourth-order valence-electron chi connectivity index (χ4n) is 2.76. The summed E-state index contributed by atoms with van der Waals surface area (Å²) in [6, 6.07) is 6.85. The first-order valence-corrected chi connectivity index (χ1v) is 6.33. The van der Waals surface area contributed by atoms with E-state index in [2.05, 4.69) is 9.97 Å². The van der Waals surface area contributed by atoms with Gasteiger partial charge in [-0.25, -0.2) is 9.97 Å². The van der Waals surface area contributed by atoms with Gasteiger partial charge in [0.15, 0.2) is 0 Å². The molecule has 98 valence electrons. The largest absolute Gasteiger partial charge is 0.287 e. The van der Waals surface area contributed by atoms with Gasteiger partial charge in [-0.15, -0.1) is 0 Å². The minimum atomic E-state index is -0.372. The second-order valence-electron chi connectivity index (χ2n) is 4.80. The average molecular weight is 266 g/mol. The Kier molecular flexibility index (Phi) is 2.14. The molecule has 1 aliphatic carbocycles. The van der Waals surface area contributed by atoms with Crippen molar-refractivity contribution in [3.8, 4) is 11.3 Å². The molecular formula is C14H10N4O2. The van der Waals surface area contributed by atoms with Crippen LogP contribution in [0.3, 0.4) is 0 Å². The summed E-state index contributed by atoms with van der Waals surface area (Å²) in [4.78, 5) is 19.3. The van der Waals surface area contributed by atoms with Gasteiger partial charge in [0, 0.05) is 30.1 Å². The molecule has 1 aromatic carbocycles. The number of benzene rings is 1. The molecule has 1 aliphatic rings. The van der Waals surface area contributed by atoms with Crippen LogP contribution in [0, 0.1) is 10.1 Å². The topological polar surface area (TPSA) is 73.3 Å². The maximum Gasteiger partial charge on any atom is 0.270 e. The van der Waals surface area contributed by atoms with Gasteiger partial charge in [-0.3, -0.25) is 14.5 Å². The van der Waals surface area contributed by atoms with Crippen LogP contribution in [0.4, 0.5) is 5.69 Å². The molecule has 6 nitrogen and oxygen atoms in total. The molecule has 0 aliphatic heterocycles. The maximum atomic E-state index is 10.9. The van der Waals surface area contributed by atoms with Crippen molar-refractivity contribution in [1.82, 2.24) is 14.4 Å². The molecule has 0 bridgehead atoms. The number of aromatic nitrogens is 3. The number of nitro benzene ring substituents is 1. The number of hydrogen-bond acceptors (Lipinski definition) is 4. The first kappa shape index (κ1) is 11.1. The van der Waals surface area contributed by atoms with Crippen LogP contribution in [0.15, 0.2) is 36.7 Å². The zero-order chi connectivity index (χ0) is 13.7. The van der Waals surface area contributed by atoms with Gasteiger partial charge in [0.1, 0.15) is 0 Å². The molecule has 3 aromatic rings. The Bertz CT molecular complexity index is 854. The lowest BCUT2D eigenvalue weighted by Crippen LogP contribution is -2.06. The van der Waals surface area contributed by atoms with E-state index in [0.717, 1.165) is 35.4 Å². The molecule has 0 N–H and O–H groups in total. The van der Waals surface area contributed by atoms with Crippen molar-refractivity contribution in [3.05, 3.63) is 58.0 Å². The number of non-ortho nitro benzene ring substituents is 1. The van der Waals surface area contributed by atoms with Crippen molar-refractivity contribution in [1.29, 1.82) is 0 Å². The molecule has 4 rings (SSSR count). The maximum absolute atomic E-state index is 10.9. The second-order valence-corrected chi connectivity index (χ2v) is 4.80. The van der Waals surface area contributed by atoms with E-state index in [9.17, 15) is 10.1 Å². The molecule has 0 atom stereocenters. The van der Waals surface area contributed by atoms with E-state index in [1.54, 1.807) is 18.3 Å². The Labute approximate surface area is 113 Å². The summed E-state index contributed by atoms with van der Waals surface area (Å²) in [5.41, 5.74) is 3.94. The van der Waals surface area contributed by atoms with Crippen LogP contribution in [0.2, 0.25) is 0 Å². The van der Waals surface area contributed by atoms with E-state index >= 15 is 0 Å². The Balaban J connectivity index is 2.02. The minimum Gasteiger partial charge on any atom is -0.287 e. The highest BCUT2D eigenvalue weighted by Crippen LogP contribution is 2.35. The number of nitro groups is 1. The predicted octanol–water partition coefficient (Wildman–Crippen LogP) is 2.40. The summed E-state index contributed by atoms with van der Waals surface area (Å²) in [6.07, 6.45) is 5.36. The fourth-order valence-corrected chi connectivity index (χ4v) is 2.76. The van der Waals surface area contributed by atoms with Gasteiger partial charge in [-0.1, -0.05) is 6.07 Å². The first-order valence-electron chi connectivity index (χ1n) is 6.33. The van der Waals surface area contributed by atoms with Gasteiger partial charge in [-0.05, 0) is 24.5 Å². The Morgan fingerprint density at radius 2 is 2.20 bits per heavy atom. The molecule has 0 amide bonds. The zero-order valence-corrected chi connectivity index (χ0v) is 10.5. The standard InChI is InChI=1S/C14H10N4O2/c19-18(20)10-4-2-9-3-5-12-13(11(9)8-10)16-14-15-6-1-7-17(12)14/h1-2,4,6-8H,3,5H2. The summed E-state index contributed by atoms with van der Waals surface area (Å²) in [7, 11) is 0. The van der Waals surface area contributed by atoms with E-state index in [4.69, 9.17) is 0 Å². The van der Waals surface area contributed by atoms with Gasteiger partial charge in [0.05, 0.1) is 16.3 Å². The fraction of sp³-hybridized carbons (Fsp3) is 0.143. The number of fused-ring (bicyclic) bond motifs is 5. The Morgan fingerprint density at radius 1 is 1.30 bits per heavy atom. The van der Waals surface area contributed by atoms with Crippen molar-refractivity contribution < 1.29 is 4.92 Å². The lowest BCUT2D eigenvalue weighted by atomic mass is 9.92. The van der Waals surface area contributed by atoms with Crippen molar-refractivity contribution in [3.63, 3.8) is 0 Å². The van der Waals surface area contributed by atoms with Crippen LogP contribution in [0.1, 0.15) is 11.3 Å². The van der Waals surface area contributed by atoms with Crippen molar-refractivity contribution in [2.24, 2.45) is 0 Å². The molecule has 2 heterocycles. The summed E-state index contributed by atoms with van der Waals surface area (Å²) in [5.74, 6) is 0.636. The van der Waals surface area contributed by atoms with Crippen LogP contribution >= 0.6 is 0 Å². The summed E-state index contributed by atoms with van der Waals surface area (Å²) >= 11 is 0. The molecule has 6 heteroatoms. The van der Waals surface area contributed by atoms with Crippen LogP contribution < -0.4 is 0 Å². The highest BCUT2D eigenvalue weighted by atomic mass is 16.6. The third-order valence-corrected chi connectivity index (χ3v) is 3.69.